The Morgan fingerprint density at radius 2 is 2.05 bits per heavy atom. The summed E-state index contributed by atoms with van der Waals surface area (Å²) in [6.45, 7) is 4.36. The first kappa shape index (κ1) is 13.8. The van der Waals surface area contributed by atoms with Crippen molar-refractivity contribution in [2.45, 2.75) is 20.3 Å². The zero-order valence-corrected chi connectivity index (χ0v) is 12.9. The van der Waals surface area contributed by atoms with Gasteiger partial charge in [0.05, 0.1) is 12.1 Å². The number of hydrogen-bond donors (Lipinski definition) is 2. The number of nitrogens with zero attached hydrogens (tertiary/aromatic N) is 2. The number of aromatic nitrogens is 1. The molecular formula is C16H17N3OS. The molecule has 0 atom stereocenters. The van der Waals surface area contributed by atoms with Gasteiger partial charge in [-0.3, -0.25) is 5.41 Å². The van der Waals surface area contributed by atoms with Crippen LogP contribution in [0.4, 0.5) is 5.69 Å². The molecule has 0 amide bonds. The van der Waals surface area contributed by atoms with Gasteiger partial charge in [-0.05, 0) is 31.0 Å². The first-order chi connectivity index (χ1) is 10.1. The first-order valence-corrected chi connectivity index (χ1v) is 7.78. The standard InChI is InChI=1S/C16H17N3OS/c1-3-11-4-6-12(7-5-11)19-8-13(20)14(15(19)17)16-18-10(2)9-21-16/h4-7,9,17,20H,3,8H2,1-2H3. The molecule has 1 aliphatic heterocycles. The predicted octanol–water partition coefficient (Wildman–Crippen LogP) is 3.78. The summed E-state index contributed by atoms with van der Waals surface area (Å²) in [5.41, 5.74) is 3.64. The molecule has 2 aromatic rings. The van der Waals surface area contributed by atoms with Crippen molar-refractivity contribution in [2.75, 3.05) is 11.4 Å². The second kappa shape index (κ2) is 5.33. The Bertz CT molecular complexity index is 715. The maximum atomic E-state index is 10.2. The fraction of sp³-hybridized carbons (Fsp3) is 0.250. The van der Waals surface area contributed by atoms with E-state index >= 15 is 0 Å². The molecule has 0 bridgehead atoms. The molecule has 2 N–H and O–H groups in total. The highest BCUT2D eigenvalue weighted by Gasteiger charge is 2.30. The van der Waals surface area contributed by atoms with Crippen LogP contribution >= 0.6 is 11.3 Å². The highest BCUT2D eigenvalue weighted by Crippen LogP contribution is 2.32. The van der Waals surface area contributed by atoms with E-state index in [2.05, 4.69) is 24.0 Å². The topological polar surface area (TPSA) is 60.2 Å². The van der Waals surface area contributed by atoms with Crippen LogP contribution in [-0.4, -0.2) is 22.5 Å². The minimum atomic E-state index is 0.217. The first-order valence-electron chi connectivity index (χ1n) is 6.90. The van der Waals surface area contributed by atoms with Gasteiger partial charge in [0.15, 0.2) is 0 Å². The zero-order chi connectivity index (χ0) is 15.0. The molecule has 5 heteroatoms. The Labute approximate surface area is 127 Å². The Hall–Kier alpha value is -2.14. The Kier molecular flexibility index (Phi) is 3.51. The molecule has 1 aromatic heterocycles. The molecule has 1 aliphatic rings. The van der Waals surface area contributed by atoms with E-state index in [0.29, 0.717) is 23.0 Å². The summed E-state index contributed by atoms with van der Waals surface area (Å²) >= 11 is 1.46. The average Bonchev–Trinajstić information content (AvgIpc) is 3.02. The quantitative estimate of drug-likeness (QED) is 0.906. The second-order valence-corrected chi connectivity index (χ2v) is 5.93. The van der Waals surface area contributed by atoms with E-state index in [1.54, 1.807) is 4.90 Å². The van der Waals surface area contributed by atoms with E-state index in [0.717, 1.165) is 17.8 Å². The minimum absolute atomic E-state index is 0.217. The van der Waals surface area contributed by atoms with E-state index in [1.165, 1.54) is 16.9 Å². The number of aliphatic hydroxyl groups excluding tert-OH is 1. The zero-order valence-electron chi connectivity index (χ0n) is 12.1. The lowest BCUT2D eigenvalue weighted by Gasteiger charge is -2.18. The molecule has 4 nitrogen and oxygen atoms in total. The highest BCUT2D eigenvalue weighted by molar-refractivity contribution is 7.11. The van der Waals surface area contributed by atoms with Gasteiger partial charge < -0.3 is 10.0 Å². The number of rotatable bonds is 3. The molecule has 21 heavy (non-hydrogen) atoms. The van der Waals surface area contributed by atoms with E-state index in [-0.39, 0.29) is 5.76 Å². The average molecular weight is 299 g/mol. The number of aryl methyl sites for hydroxylation is 2. The van der Waals surface area contributed by atoms with E-state index < -0.39 is 0 Å². The number of benzene rings is 1. The maximum Gasteiger partial charge on any atom is 0.139 e. The van der Waals surface area contributed by atoms with Crippen molar-refractivity contribution in [2.24, 2.45) is 0 Å². The van der Waals surface area contributed by atoms with Gasteiger partial charge in [0, 0.05) is 16.8 Å². The summed E-state index contributed by atoms with van der Waals surface area (Å²) < 4.78 is 0. The summed E-state index contributed by atoms with van der Waals surface area (Å²) in [6.07, 6.45) is 0.991. The van der Waals surface area contributed by atoms with Crippen LogP contribution in [0.5, 0.6) is 0 Å². The normalized spacial score (nSPS) is 15.1. The van der Waals surface area contributed by atoms with E-state index in [1.807, 2.05) is 24.4 Å². The Morgan fingerprint density at radius 1 is 1.33 bits per heavy atom. The van der Waals surface area contributed by atoms with Crippen LogP contribution in [0, 0.1) is 12.3 Å². The molecule has 1 aromatic carbocycles. The molecule has 0 radical (unpaired) electrons. The smallest absolute Gasteiger partial charge is 0.139 e. The molecule has 0 spiro atoms. The third-order valence-electron chi connectivity index (χ3n) is 3.59. The number of aliphatic hydroxyl groups is 1. The van der Waals surface area contributed by atoms with Crippen LogP contribution in [0.3, 0.4) is 0 Å². The molecule has 3 rings (SSSR count). The molecule has 0 aliphatic carbocycles. The summed E-state index contributed by atoms with van der Waals surface area (Å²) in [7, 11) is 0. The lowest BCUT2D eigenvalue weighted by atomic mass is 10.1. The molecule has 2 heterocycles. The van der Waals surface area contributed by atoms with Crippen molar-refractivity contribution in [1.82, 2.24) is 4.98 Å². The minimum Gasteiger partial charge on any atom is -0.510 e. The van der Waals surface area contributed by atoms with Crippen LogP contribution < -0.4 is 4.90 Å². The third-order valence-corrected chi connectivity index (χ3v) is 4.57. The SMILES string of the molecule is CCc1ccc(N2CC(O)=C(c3nc(C)cs3)C2=N)cc1. The summed E-state index contributed by atoms with van der Waals surface area (Å²) in [5.74, 6) is 0.528. The molecule has 0 unspecified atom stereocenters. The molecule has 0 saturated carbocycles. The fourth-order valence-electron chi connectivity index (χ4n) is 2.41. The van der Waals surface area contributed by atoms with Gasteiger partial charge >= 0.3 is 0 Å². The van der Waals surface area contributed by atoms with Crippen molar-refractivity contribution >= 4 is 28.4 Å². The third kappa shape index (κ3) is 2.45. The fourth-order valence-corrected chi connectivity index (χ4v) is 3.27. The monoisotopic (exact) mass is 299 g/mol. The van der Waals surface area contributed by atoms with Gasteiger partial charge in [-0.2, -0.15) is 0 Å². The molecule has 0 saturated heterocycles. The molecule has 0 fully saturated rings. The van der Waals surface area contributed by atoms with E-state index in [9.17, 15) is 5.11 Å². The van der Waals surface area contributed by atoms with E-state index in [4.69, 9.17) is 5.41 Å². The molecule has 108 valence electrons. The lowest BCUT2D eigenvalue weighted by molar-refractivity contribution is 0.411. The van der Waals surface area contributed by atoms with Gasteiger partial charge in [-0.25, -0.2) is 4.98 Å². The Morgan fingerprint density at radius 3 is 2.62 bits per heavy atom. The van der Waals surface area contributed by atoms with Gasteiger partial charge in [0.2, 0.25) is 0 Å². The van der Waals surface area contributed by atoms with Crippen LogP contribution in [0.1, 0.15) is 23.2 Å². The van der Waals surface area contributed by atoms with Gasteiger partial charge in [0.25, 0.3) is 0 Å². The number of amidine groups is 1. The van der Waals surface area contributed by atoms with Gasteiger partial charge in [-0.15, -0.1) is 11.3 Å². The predicted molar refractivity (Wildman–Crippen MR) is 87.3 cm³/mol. The number of nitrogens with one attached hydrogen (secondary N) is 1. The second-order valence-electron chi connectivity index (χ2n) is 5.07. The number of thiazole rings is 1. The van der Waals surface area contributed by atoms with Crippen molar-refractivity contribution < 1.29 is 5.11 Å². The van der Waals surface area contributed by atoms with Crippen molar-refractivity contribution in [3.8, 4) is 0 Å². The van der Waals surface area contributed by atoms with Gasteiger partial charge in [0.1, 0.15) is 16.6 Å². The summed E-state index contributed by atoms with van der Waals surface area (Å²) in [6, 6.07) is 8.11. The Balaban J connectivity index is 1.90. The van der Waals surface area contributed by atoms with Crippen LogP contribution in [0.15, 0.2) is 35.4 Å². The van der Waals surface area contributed by atoms with Crippen LogP contribution in [0.2, 0.25) is 0 Å². The van der Waals surface area contributed by atoms with Crippen molar-refractivity contribution in [3.63, 3.8) is 0 Å². The maximum absolute atomic E-state index is 10.2. The van der Waals surface area contributed by atoms with Crippen LogP contribution in [-0.2, 0) is 6.42 Å². The number of hydrogen-bond acceptors (Lipinski definition) is 4. The lowest BCUT2D eigenvalue weighted by Crippen LogP contribution is -2.25. The summed E-state index contributed by atoms with van der Waals surface area (Å²) in [4.78, 5) is 6.19. The highest BCUT2D eigenvalue weighted by atomic mass is 32.1. The largest absolute Gasteiger partial charge is 0.510 e. The molecular weight excluding hydrogens is 282 g/mol. The van der Waals surface area contributed by atoms with Crippen molar-refractivity contribution in [1.29, 1.82) is 5.41 Å². The number of anilines is 1. The van der Waals surface area contributed by atoms with Gasteiger partial charge in [-0.1, -0.05) is 19.1 Å². The van der Waals surface area contributed by atoms with Crippen molar-refractivity contribution in [3.05, 3.63) is 51.7 Å². The van der Waals surface area contributed by atoms with Crippen LogP contribution in [0.25, 0.3) is 5.57 Å². The summed E-state index contributed by atoms with van der Waals surface area (Å²) in [5, 5.41) is 21.2.